The minimum atomic E-state index is -0.775. The number of rotatable bonds is 25. The van der Waals surface area contributed by atoms with Gasteiger partial charge < -0.3 is 54.4 Å². The first-order valence-corrected chi connectivity index (χ1v) is 30.0. The Morgan fingerprint density at radius 2 is 1.49 bits per heavy atom. The minimum absolute atomic E-state index is 0.000863. The second kappa shape index (κ2) is 27.7. The monoisotopic (exact) mass is 1150 g/mol. The van der Waals surface area contributed by atoms with Gasteiger partial charge in [0, 0.05) is 55.5 Å². The third kappa shape index (κ3) is 14.8. The number of aryl methyl sites for hydroxylation is 1. The number of amides is 5. The summed E-state index contributed by atoms with van der Waals surface area (Å²) in [6.45, 7) is 18.4. The number of carbonyl (C=O) groups is 5. The molecule has 1 unspecified atom stereocenters. The maximum atomic E-state index is 14.4. The lowest BCUT2D eigenvalue weighted by atomic mass is 9.98. The minimum Gasteiger partial charge on any atom is -0.493 e. The summed E-state index contributed by atoms with van der Waals surface area (Å²) in [6.07, 6.45) is 2.17. The molecular weight excluding hydrogens is 1070 g/mol. The van der Waals surface area contributed by atoms with Crippen LogP contribution in [0.3, 0.4) is 0 Å². The molecule has 8 rings (SSSR count). The molecule has 3 atom stereocenters. The number of carbonyl (C=O) groups excluding carboxylic acids is 5. The Labute approximate surface area is 482 Å². The highest BCUT2D eigenvalue weighted by Crippen LogP contribution is 2.45. The fourth-order valence-electron chi connectivity index (χ4n) is 10.6. The van der Waals surface area contributed by atoms with Gasteiger partial charge in [0.05, 0.1) is 73.7 Å². The SMILES string of the molecule is C=C1C[C@@H](CO)N(C(=O)c2cc(OC)c(OCCCCCOc3cc(N)c(C(=O)N4CC(=C)C[C@H]4C4OCCN4C(=O)OCC4c5ccccc5-c5ccccc54)cc3C)cc2NC(=O)OCC(C)(C)SSCCC(=O)NCCC)C1. The van der Waals surface area contributed by atoms with Gasteiger partial charge in [-0.1, -0.05) is 101 Å². The van der Waals surface area contributed by atoms with Gasteiger partial charge in [-0.15, -0.1) is 0 Å². The van der Waals surface area contributed by atoms with E-state index in [1.54, 1.807) is 28.0 Å². The Balaban J connectivity index is 0.831. The van der Waals surface area contributed by atoms with E-state index in [0.717, 1.165) is 51.8 Å². The van der Waals surface area contributed by atoms with E-state index in [1.807, 2.05) is 52.0 Å². The Bertz CT molecular complexity index is 2930. The zero-order valence-electron chi connectivity index (χ0n) is 47.1. The highest BCUT2D eigenvalue weighted by Gasteiger charge is 2.45. The first-order chi connectivity index (χ1) is 39.0. The second-order valence-corrected chi connectivity index (χ2v) is 24.5. The molecule has 3 fully saturated rings. The zero-order valence-corrected chi connectivity index (χ0v) is 48.7. The number of nitrogens with one attached hydrogen (secondary N) is 2. The van der Waals surface area contributed by atoms with Crippen LogP contribution in [0, 0.1) is 6.92 Å². The van der Waals surface area contributed by atoms with Crippen LogP contribution in [0.15, 0.2) is 97.1 Å². The number of hydrogen-bond acceptors (Lipinski definition) is 15. The van der Waals surface area contributed by atoms with Crippen LogP contribution in [0.25, 0.3) is 11.1 Å². The number of hydrogen-bond donors (Lipinski definition) is 4. The molecule has 20 heteroatoms. The van der Waals surface area contributed by atoms with Crippen molar-refractivity contribution >= 4 is 62.9 Å². The molecule has 5 N–H and O–H groups in total. The number of nitrogen functional groups attached to an aromatic ring is 1. The molecule has 3 saturated heterocycles. The third-order valence-electron chi connectivity index (χ3n) is 14.7. The summed E-state index contributed by atoms with van der Waals surface area (Å²) in [5, 5.41) is 15.7. The van der Waals surface area contributed by atoms with E-state index in [0.29, 0.717) is 81.2 Å². The van der Waals surface area contributed by atoms with Crippen molar-refractivity contribution in [1.82, 2.24) is 20.0 Å². The summed E-state index contributed by atoms with van der Waals surface area (Å²) < 4.78 is 35.5. The number of anilines is 2. The third-order valence-corrected chi connectivity index (χ3v) is 17.9. The first kappa shape index (κ1) is 60.2. The van der Waals surface area contributed by atoms with Crippen LogP contribution < -0.4 is 30.6 Å². The summed E-state index contributed by atoms with van der Waals surface area (Å²) >= 11 is 0. The van der Waals surface area contributed by atoms with Crippen LogP contribution in [0.2, 0.25) is 0 Å². The maximum Gasteiger partial charge on any atom is 0.412 e. The van der Waals surface area contributed by atoms with Gasteiger partial charge in [0.2, 0.25) is 5.91 Å². The van der Waals surface area contributed by atoms with E-state index in [-0.39, 0.29) is 79.9 Å². The number of nitrogens with zero attached hydrogens (tertiary/aromatic N) is 3. The van der Waals surface area contributed by atoms with E-state index in [1.165, 1.54) is 39.7 Å². The van der Waals surface area contributed by atoms with E-state index in [2.05, 4.69) is 48.1 Å². The van der Waals surface area contributed by atoms with E-state index >= 15 is 0 Å². The predicted molar refractivity (Wildman–Crippen MR) is 316 cm³/mol. The molecule has 0 spiro atoms. The highest BCUT2D eigenvalue weighted by molar-refractivity contribution is 8.77. The summed E-state index contributed by atoms with van der Waals surface area (Å²) in [6, 6.07) is 21.9. The first-order valence-electron chi connectivity index (χ1n) is 27.7. The van der Waals surface area contributed by atoms with Crippen LogP contribution in [-0.4, -0.2) is 151 Å². The lowest BCUT2D eigenvalue weighted by Crippen LogP contribution is -2.51. The van der Waals surface area contributed by atoms with E-state index in [4.69, 9.17) is 34.2 Å². The molecule has 0 bridgehead atoms. The van der Waals surface area contributed by atoms with Crippen LogP contribution in [0.1, 0.15) is 109 Å². The lowest BCUT2D eigenvalue weighted by molar-refractivity contribution is -0.120. The zero-order chi connectivity index (χ0) is 57.8. The maximum absolute atomic E-state index is 14.4. The Morgan fingerprint density at radius 3 is 2.19 bits per heavy atom. The fraction of sp³-hybridized carbons (Fsp3) is 0.459. The van der Waals surface area contributed by atoms with Crippen molar-refractivity contribution < 1.29 is 57.5 Å². The number of ether oxygens (including phenoxy) is 6. The van der Waals surface area contributed by atoms with Crippen molar-refractivity contribution in [2.24, 2.45) is 0 Å². The molecule has 0 radical (unpaired) electrons. The number of aliphatic hydroxyl groups is 1. The Morgan fingerprint density at radius 1 is 0.827 bits per heavy atom. The molecule has 4 aromatic carbocycles. The number of unbranched alkanes of at least 4 members (excludes halogenated alkanes) is 2. The number of likely N-dealkylation sites (tertiary alicyclic amines) is 2. The van der Waals surface area contributed by atoms with Gasteiger partial charge in [-0.05, 0) is 99.2 Å². The molecule has 81 heavy (non-hydrogen) atoms. The van der Waals surface area contributed by atoms with Crippen molar-refractivity contribution in [1.29, 1.82) is 0 Å². The van der Waals surface area contributed by atoms with Gasteiger partial charge in [0.15, 0.2) is 17.7 Å². The quantitative estimate of drug-likeness (QED) is 0.0210. The molecule has 434 valence electrons. The number of methoxy groups -OCH3 is 1. The van der Waals surface area contributed by atoms with Crippen molar-refractivity contribution in [3.63, 3.8) is 0 Å². The molecule has 5 amide bonds. The van der Waals surface area contributed by atoms with Crippen LogP contribution in [-0.2, 0) is 19.0 Å². The second-order valence-electron chi connectivity index (χ2n) is 21.4. The largest absolute Gasteiger partial charge is 0.493 e. The molecule has 3 heterocycles. The molecule has 4 aromatic rings. The van der Waals surface area contributed by atoms with Gasteiger partial charge in [-0.2, -0.15) is 0 Å². The Hall–Kier alpha value is -6.87. The summed E-state index contributed by atoms with van der Waals surface area (Å²) in [4.78, 5) is 72.5. The van der Waals surface area contributed by atoms with Gasteiger partial charge in [-0.3, -0.25) is 24.6 Å². The smallest absolute Gasteiger partial charge is 0.412 e. The topological polar surface area (TPSA) is 221 Å². The summed E-state index contributed by atoms with van der Waals surface area (Å²) in [5.74, 6) is 0.907. The number of benzene rings is 4. The molecule has 18 nitrogen and oxygen atoms in total. The molecular formula is C61H76N6O12S2. The lowest BCUT2D eigenvalue weighted by Gasteiger charge is -2.33. The van der Waals surface area contributed by atoms with E-state index < -0.39 is 41.2 Å². The van der Waals surface area contributed by atoms with Gasteiger partial charge in [-0.25, -0.2) is 9.59 Å². The van der Waals surface area contributed by atoms with Crippen LogP contribution >= 0.6 is 21.6 Å². The summed E-state index contributed by atoms with van der Waals surface area (Å²) in [5.41, 5.74) is 14.3. The van der Waals surface area contributed by atoms with Crippen molar-refractivity contribution in [3.05, 3.63) is 125 Å². The average molecular weight is 1150 g/mol. The van der Waals surface area contributed by atoms with Crippen molar-refractivity contribution in [2.45, 2.75) is 102 Å². The molecule has 4 aliphatic rings. The molecule has 1 aliphatic carbocycles. The normalized spacial score (nSPS) is 17.7. The number of nitrogens with two attached hydrogens (primary N) is 1. The van der Waals surface area contributed by atoms with Crippen molar-refractivity contribution in [3.8, 4) is 28.4 Å². The molecule has 0 aromatic heterocycles. The van der Waals surface area contributed by atoms with Gasteiger partial charge in [0.25, 0.3) is 11.8 Å². The van der Waals surface area contributed by atoms with Crippen LogP contribution in [0.5, 0.6) is 17.2 Å². The van der Waals surface area contributed by atoms with Gasteiger partial charge >= 0.3 is 12.2 Å². The Kier molecular flexibility index (Phi) is 20.6. The molecule has 3 aliphatic heterocycles. The van der Waals surface area contributed by atoms with Crippen molar-refractivity contribution in [2.75, 3.05) is 89.7 Å². The van der Waals surface area contributed by atoms with Gasteiger partial charge in [0.1, 0.15) is 19.0 Å². The number of fused-ring (bicyclic) bond motifs is 3. The highest BCUT2D eigenvalue weighted by atomic mass is 33.1. The fourth-order valence-corrected chi connectivity index (χ4v) is 13.0. The average Bonchev–Trinajstić information content (AvgIpc) is 4.48. The van der Waals surface area contributed by atoms with E-state index in [9.17, 15) is 29.1 Å². The van der Waals surface area contributed by atoms with Crippen LogP contribution in [0.4, 0.5) is 21.0 Å². The standard InChI is InChI=1S/C61H76N6O12S2/c1-8-21-63-55(69)20-26-80-81-61(5,6)37-79-59(72)64-50-32-54(53(74-7)30-47(50)57(71)66-33-38(2)27-41(66)35-68)76-24-15-9-14-23-75-52-31-49(62)46(29-40(52)4)56(70)67-34-39(3)28-51(67)58-65(22-25-77-58)60(73)78-36-48-44-18-12-10-16-42(44)43-17-11-13-19-45(43)48/h10-13,16-19,29-32,41,48,51,58,68H,2-3,8-9,14-15,20-28,33-37,62H2,1,4-7H3,(H,63,69)(H,64,72)/t41-,51-,58?/m0/s1. The predicted octanol–water partition coefficient (Wildman–Crippen LogP) is 9.98. The molecule has 0 saturated carbocycles. The number of aliphatic hydroxyl groups excluding tert-OH is 1. The summed E-state index contributed by atoms with van der Waals surface area (Å²) in [7, 11) is 4.51.